The average molecular weight is 300 g/mol. The smallest absolute Gasteiger partial charge is 0.0561 e. The van der Waals surface area contributed by atoms with E-state index in [0.717, 1.165) is 12.8 Å². The van der Waals surface area contributed by atoms with Crippen LogP contribution in [0.15, 0.2) is 35.7 Å². The Balaban J connectivity index is 1.82. The number of benzene rings is 1. The third-order valence-corrected chi connectivity index (χ3v) is 5.77. The van der Waals surface area contributed by atoms with E-state index >= 15 is 0 Å². The Morgan fingerprint density at radius 1 is 1.33 bits per heavy atom. The second-order valence-corrected chi connectivity index (χ2v) is 6.85. The molecule has 0 aliphatic heterocycles. The summed E-state index contributed by atoms with van der Waals surface area (Å²) in [6, 6.07) is 11.4. The Hall–Kier alpha value is -1.16. The highest BCUT2D eigenvalue weighted by Crippen LogP contribution is 2.39. The van der Waals surface area contributed by atoms with E-state index in [9.17, 15) is 0 Å². The third kappa shape index (κ3) is 3.05. The van der Waals surface area contributed by atoms with Gasteiger partial charge in [-0.2, -0.15) is 0 Å². The van der Waals surface area contributed by atoms with Crippen LogP contribution in [-0.2, 0) is 12.8 Å². The number of thiophene rings is 1. The number of nitrogens with two attached hydrogens (primary N) is 1. The van der Waals surface area contributed by atoms with Gasteiger partial charge >= 0.3 is 0 Å². The number of hydrazine groups is 1. The maximum absolute atomic E-state index is 5.88. The van der Waals surface area contributed by atoms with Gasteiger partial charge in [-0.3, -0.25) is 11.3 Å². The van der Waals surface area contributed by atoms with Crippen molar-refractivity contribution in [2.75, 3.05) is 0 Å². The van der Waals surface area contributed by atoms with Crippen LogP contribution in [0, 0.1) is 0 Å². The summed E-state index contributed by atoms with van der Waals surface area (Å²) in [5, 5.41) is 2.19. The fourth-order valence-electron chi connectivity index (χ4n) is 3.58. The summed E-state index contributed by atoms with van der Waals surface area (Å²) in [5.74, 6) is 6.51. The zero-order chi connectivity index (χ0) is 14.7. The molecular formula is C18H24N2S. The number of hydrogen-bond acceptors (Lipinski definition) is 3. The molecule has 0 amide bonds. The monoisotopic (exact) mass is 300 g/mol. The fourth-order valence-corrected chi connectivity index (χ4v) is 4.65. The van der Waals surface area contributed by atoms with Gasteiger partial charge in [0, 0.05) is 4.88 Å². The van der Waals surface area contributed by atoms with Gasteiger partial charge in [0.25, 0.3) is 0 Å². The highest BCUT2D eigenvalue weighted by Gasteiger charge is 2.25. The second-order valence-electron chi connectivity index (χ2n) is 5.91. The largest absolute Gasteiger partial charge is 0.271 e. The molecule has 1 aromatic heterocycles. The fraction of sp³-hybridized carbons (Fsp3) is 0.444. The van der Waals surface area contributed by atoms with Gasteiger partial charge in [0.05, 0.1) is 6.04 Å². The summed E-state index contributed by atoms with van der Waals surface area (Å²) in [4.78, 5) is 1.42. The molecule has 0 radical (unpaired) electrons. The minimum absolute atomic E-state index is 0.274. The summed E-state index contributed by atoms with van der Waals surface area (Å²) in [6.45, 7) is 2.22. The SMILES string of the molecule is CCc1ccsc1C(CC1CCCc2ccccc21)NN. The standard InChI is InChI=1S/C18H24N2S/c1-2-13-10-11-21-18(13)17(20-19)12-15-8-5-7-14-6-3-4-9-16(14)15/h3-4,6,9-11,15,17,20H,2,5,7-8,12,19H2,1H3. The normalized spacial score (nSPS) is 19.2. The number of fused-ring (bicyclic) bond motifs is 1. The molecular weight excluding hydrogens is 276 g/mol. The highest BCUT2D eigenvalue weighted by atomic mass is 32.1. The van der Waals surface area contributed by atoms with Crippen LogP contribution in [0.5, 0.6) is 0 Å². The minimum Gasteiger partial charge on any atom is -0.271 e. The van der Waals surface area contributed by atoms with Crippen molar-refractivity contribution in [1.82, 2.24) is 5.43 Å². The van der Waals surface area contributed by atoms with E-state index in [1.807, 2.05) is 11.3 Å². The lowest BCUT2D eigenvalue weighted by Gasteiger charge is -2.29. The maximum Gasteiger partial charge on any atom is 0.0561 e. The van der Waals surface area contributed by atoms with Crippen LogP contribution in [0.2, 0.25) is 0 Å². The lowest BCUT2D eigenvalue weighted by Crippen LogP contribution is -2.30. The molecule has 21 heavy (non-hydrogen) atoms. The molecule has 1 heterocycles. The quantitative estimate of drug-likeness (QED) is 0.637. The van der Waals surface area contributed by atoms with Gasteiger partial charge in [-0.15, -0.1) is 11.3 Å². The maximum atomic E-state index is 5.88. The molecule has 2 atom stereocenters. The van der Waals surface area contributed by atoms with Crippen LogP contribution in [0.1, 0.15) is 59.7 Å². The predicted octanol–water partition coefficient (Wildman–Crippen LogP) is 4.33. The summed E-state index contributed by atoms with van der Waals surface area (Å²) >= 11 is 1.83. The lowest BCUT2D eigenvalue weighted by molar-refractivity contribution is 0.428. The van der Waals surface area contributed by atoms with Crippen molar-refractivity contribution >= 4 is 11.3 Å². The number of aryl methyl sites for hydroxylation is 2. The van der Waals surface area contributed by atoms with Crippen molar-refractivity contribution in [3.8, 4) is 0 Å². The zero-order valence-electron chi connectivity index (χ0n) is 12.6. The first kappa shape index (κ1) is 14.8. The summed E-state index contributed by atoms with van der Waals surface area (Å²) in [5.41, 5.74) is 7.58. The number of nitrogens with one attached hydrogen (secondary N) is 1. The van der Waals surface area contributed by atoms with E-state index in [4.69, 9.17) is 5.84 Å². The second kappa shape index (κ2) is 6.73. The van der Waals surface area contributed by atoms with Crippen molar-refractivity contribution in [2.45, 2.75) is 51.0 Å². The molecule has 3 N–H and O–H groups in total. The molecule has 1 aliphatic rings. The Morgan fingerprint density at radius 2 is 2.19 bits per heavy atom. The van der Waals surface area contributed by atoms with Crippen LogP contribution in [0.25, 0.3) is 0 Å². The summed E-state index contributed by atoms with van der Waals surface area (Å²) in [6.07, 6.45) is 5.98. The molecule has 2 nitrogen and oxygen atoms in total. The van der Waals surface area contributed by atoms with Crippen LogP contribution in [0.4, 0.5) is 0 Å². The van der Waals surface area contributed by atoms with E-state index in [0.29, 0.717) is 5.92 Å². The van der Waals surface area contributed by atoms with E-state index in [1.165, 1.54) is 35.3 Å². The van der Waals surface area contributed by atoms with Gasteiger partial charge in [0.15, 0.2) is 0 Å². The van der Waals surface area contributed by atoms with Gasteiger partial charge in [-0.1, -0.05) is 31.2 Å². The molecule has 0 spiro atoms. The Bertz CT molecular complexity index is 590. The molecule has 112 valence electrons. The van der Waals surface area contributed by atoms with Gasteiger partial charge in [-0.25, -0.2) is 0 Å². The van der Waals surface area contributed by atoms with E-state index in [2.05, 4.69) is 48.1 Å². The Kier molecular flexibility index (Phi) is 4.73. The zero-order valence-corrected chi connectivity index (χ0v) is 13.5. The number of hydrogen-bond donors (Lipinski definition) is 2. The van der Waals surface area contributed by atoms with Gasteiger partial charge in [0.2, 0.25) is 0 Å². The first-order valence-electron chi connectivity index (χ1n) is 7.93. The van der Waals surface area contributed by atoms with E-state index < -0.39 is 0 Å². The van der Waals surface area contributed by atoms with Crippen LogP contribution >= 0.6 is 11.3 Å². The summed E-state index contributed by atoms with van der Waals surface area (Å²) in [7, 11) is 0. The van der Waals surface area contributed by atoms with Crippen LogP contribution in [0.3, 0.4) is 0 Å². The van der Waals surface area contributed by atoms with Gasteiger partial charge in [0.1, 0.15) is 0 Å². The van der Waals surface area contributed by atoms with Crippen molar-refractivity contribution in [3.05, 3.63) is 57.3 Å². The number of rotatable bonds is 5. The molecule has 0 saturated heterocycles. The molecule has 1 aromatic carbocycles. The topological polar surface area (TPSA) is 38.0 Å². The molecule has 1 aliphatic carbocycles. The first-order valence-corrected chi connectivity index (χ1v) is 8.81. The molecule has 0 saturated carbocycles. The van der Waals surface area contributed by atoms with Crippen molar-refractivity contribution in [1.29, 1.82) is 0 Å². The Labute approximate surface area is 131 Å². The molecule has 2 aromatic rings. The van der Waals surface area contributed by atoms with Crippen molar-refractivity contribution in [2.24, 2.45) is 5.84 Å². The minimum atomic E-state index is 0.274. The average Bonchev–Trinajstić information content (AvgIpc) is 3.01. The van der Waals surface area contributed by atoms with Crippen LogP contribution in [-0.4, -0.2) is 0 Å². The van der Waals surface area contributed by atoms with Crippen molar-refractivity contribution in [3.63, 3.8) is 0 Å². The van der Waals surface area contributed by atoms with Crippen molar-refractivity contribution < 1.29 is 0 Å². The van der Waals surface area contributed by atoms with Gasteiger partial charge < -0.3 is 0 Å². The molecule has 2 unspecified atom stereocenters. The highest BCUT2D eigenvalue weighted by molar-refractivity contribution is 7.10. The van der Waals surface area contributed by atoms with E-state index in [1.54, 1.807) is 5.56 Å². The predicted molar refractivity (Wildman–Crippen MR) is 90.5 cm³/mol. The molecule has 0 fully saturated rings. The van der Waals surface area contributed by atoms with Gasteiger partial charge in [-0.05, 0) is 66.2 Å². The molecule has 3 rings (SSSR count). The molecule has 0 bridgehead atoms. The lowest BCUT2D eigenvalue weighted by atomic mass is 9.79. The van der Waals surface area contributed by atoms with E-state index in [-0.39, 0.29) is 6.04 Å². The summed E-state index contributed by atoms with van der Waals surface area (Å²) < 4.78 is 0. The Morgan fingerprint density at radius 3 is 3.00 bits per heavy atom. The third-order valence-electron chi connectivity index (χ3n) is 4.69. The molecule has 3 heteroatoms. The first-order chi connectivity index (χ1) is 10.3. The van der Waals surface area contributed by atoms with Crippen LogP contribution < -0.4 is 11.3 Å².